The molecule has 0 fully saturated rings. The number of primary amides is 2. The SMILES string of the molecule is CN(C)c1cc(C(N)=O)cc2c1CC1CC3C(N(C)C)C(O)=C(C(N)=O)C(=O)[C@@]3(O)C(O)=C1C2=O. The molecule has 0 spiro atoms. The van der Waals surface area contributed by atoms with E-state index in [1.54, 1.807) is 39.2 Å². The summed E-state index contributed by atoms with van der Waals surface area (Å²) in [5, 5.41) is 33.7. The van der Waals surface area contributed by atoms with E-state index in [4.69, 9.17) is 11.5 Å². The minimum Gasteiger partial charge on any atom is -0.510 e. The highest BCUT2D eigenvalue weighted by Gasteiger charge is 2.63. The Bertz CT molecular complexity index is 1260. The summed E-state index contributed by atoms with van der Waals surface area (Å²) < 4.78 is 0. The van der Waals surface area contributed by atoms with Gasteiger partial charge in [0.15, 0.2) is 11.4 Å². The van der Waals surface area contributed by atoms with Crippen molar-refractivity contribution >= 4 is 29.1 Å². The van der Waals surface area contributed by atoms with Crippen LogP contribution in [-0.2, 0) is 16.0 Å². The van der Waals surface area contributed by atoms with E-state index in [1.165, 1.54) is 11.0 Å². The van der Waals surface area contributed by atoms with E-state index in [0.29, 0.717) is 11.3 Å². The van der Waals surface area contributed by atoms with Crippen LogP contribution in [0.5, 0.6) is 0 Å². The Labute approximate surface area is 201 Å². The van der Waals surface area contributed by atoms with Crippen molar-refractivity contribution in [2.24, 2.45) is 23.3 Å². The molecule has 3 aliphatic carbocycles. The normalized spacial score (nSPS) is 28.0. The molecule has 0 saturated carbocycles. The molecular formula is C24H28N4O7. The van der Waals surface area contributed by atoms with Gasteiger partial charge in [0.25, 0.3) is 5.91 Å². The molecule has 4 atom stereocenters. The number of Topliss-reactive ketones (excluding diaryl/α,β-unsaturated/α-hetero) is 2. The van der Waals surface area contributed by atoms with Crippen LogP contribution in [0, 0.1) is 11.8 Å². The van der Waals surface area contributed by atoms with Crippen molar-refractivity contribution < 1.29 is 34.5 Å². The summed E-state index contributed by atoms with van der Waals surface area (Å²) in [5.74, 6) is -7.02. The van der Waals surface area contributed by atoms with Gasteiger partial charge in [-0.25, -0.2) is 0 Å². The predicted octanol–water partition coefficient (Wildman–Crippen LogP) is -0.420. The number of benzene rings is 1. The van der Waals surface area contributed by atoms with Crippen LogP contribution >= 0.6 is 0 Å². The number of rotatable bonds is 4. The van der Waals surface area contributed by atoms with Crippen LogP contribution in [0.25, 0.3) is 0 Å². The van der Waals surface area contributed by atoms with Crippen LogP contribution in [-0.4, -0.2) is 83.4 Å². The molecule has 0 radical (unpaired) electrons. The zero-order valence-electron chi connectivity index (χ0n) is 19.8. The number of carbonyl (C=O) groups excluding carboxylic acids is 4. The average Bonchev–Trinajstić information content (AvgIpc) is 2.75. The van der Waals surface area contributed by atoms with Gasteiger partial charge < -0.3 is 31.7 Å². The van der Waals surface area contributed by atoms with Crippen LogP contribution in [0.4, 0.5) is 5.69 Å². The summed E-state index contributed by atoms with van der Waals surface area (Å²) in [6.45, 7) is 0. The molecule has 11 nitrogen and oxygen atoms in total. The minimum absolute atomic E-state index is 0.0518. The van der Waals surface area contributed by atoms with Gasteiger partial charge in [-0.2, -0.15) is 0 Å². The number of nitrogens with two attached hydrogens (primary N) is 2. The predicted molar refractivity (Wildman–Crippen MR) is 125 cm³/mol. The first-order chi connectivity index (χ1) is 16.2. The maximum Gasteiger partial charge on any atom is 0.255 e. The largest absolute Gasteiger partial charge is 0.510 e. The molecule has 186 valence electrons. The number of ketones is 2. The molecule has 0 aliphatic heterocycles. The van der Waals surface area contributed by atoms with E-state index < -0.39 is 64.0 Å². The first-order valence-corrected chi connectivity index (χ1v) is 11.0. The molecule has 0 aromatic heterocycles. The summed E-state index contributed by atoms with van der Waals surface area (Å²) in [5.41, 5.74) is 8.62. The van der Waals surface area contributed by atoms with Crippen LogP contribution in [0.3, 0.4) is 0 Å². The summed E-state index contributed by atoms with van der Waals surface area (Å²) >= 11 is 0. The van der Waals surface area contributed by atoms with Crippen LogP contribution < -0.4 is 16.4 Å². The third-order valence-corrected chi connectivity index (χ3v) is 7.33. The fraction of sp³-hybridized carbons (Fsp3) is 0.417. The lowest BCUT2D eigenvalue weighted by atomic mass is 9.58. The first-order valence-electron chi connectivity index (χ1n) is 11.0. The van der Waals surface area contributed by atoms with Gasteiger partial charge in [-0.15, -0.1) is 0 Å². The van der Waals surface area contributed by atoms with Gasteiger partial charge in [0.2, 0.25) is 11.7 Å². The van der Waals surface area contributed by atoms with Gasteiger partial charge in [-0.1, -0.05) is 0 Å². The monoisotopic (exact) mass is 484 g/mol. The average molecular weight is 485 g/mol. The molecule has 11 heteroatoms. The van der Waals surface area contributed by atoms with Crippen molar-refractivity contribution in [1.82, 2.24) is 4.90 Å². The lowest BCUT2D eigenvalue weighted by Crippen LogP contribution is -2.63. The van der Waals surface area contributed by atoms with Crippen molar-refractivity contribution in [1.29, 1.82) is 0 Å². The van der Waals surface area contributed by atoms with Gasteiger partial charge in [0.05, 0.1) is 6.04 Å². The lowest BCUT2D eigenvalue weighted by Gasteiger charge is -2.50. The number of anilines is 1. The molecular weight excluding hydrogens is 456 g/mol. The number of aliphatic hydroxyl groups is 3. The Kier molecular flexibility index (Phi) is 5.53. The molecule has 7 N–H and O–H groups in total. The maximum atomic E-state index is 13.7. The fourth-order valence-corrected chi connectivity index (χ4v) is 5.78. The third-order valence-electron chi connectivity index (χ3n) is 7.33. The number of nitrogens with zero attached hydrogens (tertiary/aromatic N) is 2. The summed E-state index contributed by atoms with van der Waals surface area (Å²) in [4.78, 5) is 54.1. The summed E-state index contributed by atoms with van der Waals surface area (Å²) in [6, 6.07) is 1.90. The van der Waals surface area contributed by atoms with Crippen LogP contribution in [0.2, 0.25) is 0 Å². The van der Waals surface area contributed by atoms with Crippen molar-refractivity contribution in [3.05, 3.63) is 51.5 Å². The Hall–Kier alpha value is -3.70. The number of hydrogen-bond acceptors (Lipinski definition) is 9. The molecule has 3 aliphatic rings. The smallest absolute Gasteiger partial charge is 0.255 e. The first kappa shape index (κ1) is 24.4. The topological polar surface area (TPSA) is 187 Å². The maximum absolute atomic E-state index is 13.7. The standard InChI is InChI=1S/C24H28N4O7/c1-27(2)14-8-10(22(25)33)6-12-11(14)5-9-7-13-17(28(3)4)19(30)16(23(26)34)21(32)24(13,35)20(31)15(9)18(12)29/h6,8-9,13,17,30-31,35H,5,7H2,1-4H3,(H2,25,33)(H2,26,34)/t9?,13?,17?,24-/m0/s1. The second-order valence-electron chi connectivity index (χ2n) is 9.74. The van der Waals surface area contributed by atoms with Gasteiger partial charge in [0.1, 0.15) is 17.1 Å². The van der Waals surface area contributed by atoms with Gasteiger partial charge in [-0.3, -0.25) is 24.1 Å². The molecule has 3 unspecified atom stereocenters. The van der Waals surface area contributed by atoms with Gasteiger partial charge >= 0.3 is 0 Å². The highest BCUT2D eigenvalue weighted by Crippen LogP contribution is 2.52. The summed E-state index contributed by atoms with van der Waals surface area (Å²) in [6.07, 6.45) is 0.317. The fourth-order valence-electron chi connectivity index (χ4n) is 5.78. The van der Waals surface area contributed by atoms with Crippen molar-refractivity contribution in [3.63, 3.8) is 0 Å². The molecule has 35 heavy (non-hydrogen) atoms. The Balaban J connectivity index is 1.98. The van der Waals surface area contributed by atoms with E-state index in [0.717, 1.165) is 0 Å². The van der Waals surface area contributed by atoms with Crippen molar-refractivity contribution in [2.75, 3.05) is 33.1 Å². The molecule has 4 rings (SSSR count). The van der Waals surface area contributed by atoms with E-state index in [1.807, 2.05) is 0 Å². The highest BCUT2D eigenvalue weighted by atomic mass is 16.3. The van der Waals surface area contributed by atoms with Gasteiger partial charge in [0, 0.05) is 42.4 Å². The number of carbonyl (C=O) groups is 4. The van der Waals surface area contributed by atoms with E-state index in [9.17, 15) is 34.5 Å². The number of fused-ring (bicyclic) bond motifs is 3. The van der Waals surface area contributed by atoms with E-state index in [2.05, 4.69) is 0 Å². The Morgan fingerprint density at radius 3 is 2.20 bits per heavy atom. The van der Waals surface area contributed by atoms with Crippen molar-refractivity contribution in [3.8, 4) is 0 Å². The zero-order valence-corrected chi connectivity index (χ0v) is 19.8. The quantitative estimate of drug-likeness (QED) is 0.354. The number of likely N-dealkylation sites (N-methyl/N-ethyl adjacent to an activating group) is 1. The van der Waals surface area contributed by atoms with E-state index in [-0.39, 0.29) is 29.5 Å². The number of hydrogen-bond donors (Lipinski definition) is 5. The van der Waals surface area contributed by atoms with Crippen molar-refractivity contribution in [2.45, 2.75) is 24.5 Å². The zero-order chi connectivity index (χ0) is 26.1. The number of aliphatic hydroxyl groups excluding tert-OH is 2. The number of amides is 2. The Morgan fingerprint density at radius 1 is 1.06 bits per heavy atom. The van der Waals surface area contributed by atoms with Gasteiger partial charge in [-0.05, 0) is 50.6 Å². The molecule has 1 aromatic carbocycles. The highest BCUT2D eigenvalue weighted by molar-refractivity contribution is 6.24. The second kappa shape index (κ2) is 7.92. The lowest BCUT2D eigenvalue weighted by molar-refractivity contribution is -0.148. The molecule has 2 amide bonds. The van der Waals surface area contributed by atoms with Crippen LogP contribution in [0.1, 0.15) is 32.7 Å². The molecule has 0 saturated heterocycles. The third kappa shape index (κ3) is 3.26. The molecule has 0 bridgehead atoms. The molecule has 1 aromatic rings. The minimum atomic E-state index is -2.64. The number of allylic oxidation sites excluding steroid dienone is 1. The summed E-state index contributed by atoms with van der Waals surface area (Å²) in [7, 11) is 6.68. The molecule has 0 heterocycles. The van der Waals surface area contributed by atoms with Crippen LogP contribution in [0.15, 0.2) is 34.8 Å². The second-order valence-corrected chi connectivity index (χ2v) is 9.74. The van der Waals surface area contributed by atoms with E-state index >= 15 is 0 Å². The Morgan fingerprint density at radius 2 is 1.69 bits per heavy atom.